The van der Waals surface area contributed by atoms with Gasteiger partial charge in [0.15, 0.2) is 6.61 Å². The number of rotatable bonds is 9. The normalized spacial score (nSPS) is 9.89. The van der Waals surface area contributed by atoms with Gasteiger partial charge in [0, 0.05) is 12.5 Å². The highest BCUT2D eigenvalue weighted by Crippen LogP contribution is 2.07. The van der Waals surface area contributed by atoms with E-state index in [1.54, 1.807) is 12.1 Å². The van der Waals surface area contributed by atoms with Crippen LogP contribution in [0.2, 0.25) is 0 Å². The molecule has 0 unspecified atom stereocenters. The van der Waals surface area contributed by atoms with Crippen LogP contribution in [0.25, 0.3) is 0 Å². The van der Waals surface area contributed by atoms with Gasteiger partial charge in [-0.05, 0) is 31.4 Å². The summed E-state index contributed by atoms with van der Waals surface area (Å²) in [6.07, 6.45) is 2.17. The smallest absolute Gasteiger partial charge is 0.257 e. The van der Waals surface area contributed by atoms with Gasteiger partial charge in [0.05, 0.1) is 0 Å². The molecule has 0 radical (unpaired) electrons. The second kappa shape index (κ2) is 8.97. The van der Waals surface area contributed by atoms with Gasteiger partial charge in [-0.15, -0.1) is 0 Å². The molecule has 5 heteroatoms. The molecule has 0 aliphatic carbocycles. The van der Waals surface area contributed by atoms with Crippen molar-refractivity contribution in [3.63, 3.8) is 0 Å². The van der Waals surface area contributed by atoms with Crippen LogP contribution >= 0.6 is 0 Å². The quantitative estimate of drug-likeness (QED) is 0.658. The highest BCUT2D eigenvalue weighted by molar-refractivity contribution is 5.77. The highest BCUT2D eigenvalue weighted by Gasteiger charge is 2.01. The van der Waals surface area contributed by atoms with E-state index in [2.05, 4.69) is 5.32 Å². The molecule has 104 valence electrons. The second-order valence-electron chi connectivity index (χ2n) is 4.13. The van der Waals surface area contributed by atoms with Crippen molar-refractivity contribution in [2.75, 3.05) is 13.2 Å². The number of hydrogen-bond acceptors (Lipinski definition) is 4. The van der Waals surface area contributed by atoms with Gasteiger partial charge >= 0.3 is 0 Å². The van der Waals surface area contributed by atoms with Gasteiger partial charge in [-0.2, -0.15) is 0 Å². The summed E-state index contributed by atoms with van der Waals surface area (Å²) in [6, 6.07) is 9.12. The number of carbonyl (C=O) groups is 2. The third-order valence-electron chi connectivity index (χ3n) is 2.49. The van der Waals surface area contributed by atoms with Gasteiger partial charge in [-0.1, -0.05) is 24.6 Å². The average molecular weight is 264 g/mol. The Bertz CT molecular complexity index is 392. The second-order valence-corrected chi connectivity index (χ2v) is 4.13. The van der Waals surface area contributed by atoms with Crippen LogP contribution in [0.5, 0.6) is 5.75 Å². The largest absolute Gasteiger partial charge is 0.550 e. The van der Waals surface area contributed by atoms with Crippen LogP contribution in [0.1, 0.15) is 25.7 Å². The fourth-order valence-corrected chi connectivity index (χ4v) is 1.52. The Balaban J connectivity index is 2.01. The molecule has 0 atom stereocenters. The molecule has 19 heavy (non-hydrogen) atoms. The van der Waals surface area contributed by atoms with E-state index >= 15 is 0 Å². The number of carboxylic acid groups (broad SMARTS) is 1. The number of nitrogens with one attached hydrogen (secondary N) is 1. The third-order valence-corrected chi connectivity index (χ3v) is 2.49. The lowest BCUT2D eigenvalue weighted by Crippen LogP contribution is -2.29. The van der Waals surface area contributed by atoms with E-state index in [1.807, 2.05) is 18.2 Å². The maximum Gasteiger partial charge on any atom is 0.257 e. The minimum absolute atomic E-state index is 0.0109. The number of carboxylic acids is 1. The monoisotopic (exact) mass is 264 g/mol. The zero-order valence-corrected chi connectivity index (χ0v) is 10.8. The lowest BCUT2D eigenvalue weighted by Gasteiger charge is -2.07. The first-order valence-electron chi connectivity index (χ1n) is 6.33. The maximum absolute atomic E-state index is 11.4. The summed E-state index contributed by atoms with van der Waals surface area (Å²) in [4.78, 5) is 21.6. The van der Waals surface area contributed by atoms with Crippen LogP contribution < -0.4 is 15.2 Å². The Kier molecular flexibility index (Phi) is 7.09. The Morgan fingerprint density at radius 3 is 2.53 bits per heavy atom. The summed E-state index contributed by atoms with van der Waals surface area (Å²) < 4.78 is 5.28. The van der Waals surface area contributed by atoms with Crippen molar-refractivity contribution in [2.45, 2.75) is 25.7 Å². The summed E-state index contributed by atoms with van der Waals surface area (Å²) >= 11 is 0. The van der Waals surface area contributed by atoms with Crippen molar-refractivity contribution < 1.29 is 19.4 Å². The molecule has 1 aromatic rings. The molecule has 0 bridgehead atoms. The Morgan fingerprint density at radius 1 is 1.11 bits per heavy atom. The SMILES string of the molecule is O=C([O-])CCCCCNC(=O)COc1ccccc1. The molecule has 0 aliphatic heterocycles. The number of aliphatic carboxylic acids is 1. The summed E-state index contributed by atoms with van der Waals surface area (Å²) in [5.41, 5.74) is 0. The molecule has 0 heterocycles. The van der Waals surface area contributed by atoms with Crippen LogP contribution in [0.15, 0.2) is 30.3 Å². The highest BCUT2D eigenvalue weighted by atomic mass is 16.5. The van der Waals surface area contributed by atoms with Gasteiger partial charge < -0.3 is 20.0 Å². The van der Waals surface area contributed by atoms with E-state index in [0.29, 0.717) is 18.7 Å². The third kappa shape index (κ3) is 7.81. The van der Waals surface area contributed by atoms with Gasteiger partial charge in [-0.3, -0.25) is 4.79 Å². The molecule has 0 saturated carbocycles. The Morgan fingerprint density at radius 2 is 1.84 bits per heavy atom. The number of amides is 1. The van der Waals surface area contributed by atoms with Crippen molar-refractivity contribution in [2.24, 2.45) is 0 Å². The Labute approximate surface area is 112 Å². The summed E-state index contributed by atoms with van der Waals surface area (Å²) in [5.74, 6) is -0.546. The molecule has 1 amide bonds. The number of benzene rings is 1. The van der Waals surface area contributed by atoms with Crippen LogP contribution in [0, 0.1) is 0 Å². The first-order valence-corrected chi connectivity index (χ1v) is 6.33. The summed E-state index contributed by atoms with van der Waals surface area (Å²) in [5, 5.41) is 12.9. The van der Waals surface area contributed by atoms with Gasteiger partial charge in [0.25, 0.3) is 5.91 Å². The average Bonchev–Trinajstić information content (AvgIpc) is 2.41. The molecule has 0 saturated heterocycles. The molecule has 0 fully saturated rings. The van der Waals surface area contributed by atoms with Crippen molar-refractivity contribution in [1.29, 1.82) is 0 Å². The van der Waals surface area contributed by atoms with Gasteiger partial charge in [0.1, 0.15) is 5.75 Å². The van der Waals surface area contributed by atoms with Crippen molar-refractivity contribution in [1.82, 2.24) is 5.32 Å². The fraction of sp³-hybridized carbons (Fsp3) is 0.429. The van der Waals surface area contributed by atoms with Crippen LogP contribution in [0.4, 0.5) is 0 Å². The van der Waals surface area contributed by atoms with E-state index in [0.717, 1.165) is 12.8 Å². The first-order chi connectivity index (χ1) is 9.18. The van der Waals surface area contributed by atoms with E-state index < -0.39 is 5.97 Å². The van der Waals surface area contributed by atoms with Crippen molar-refractivity contribution in [3.8, 4) is 5.75 Å². The molecular formula is C14H18NO4-. The van der Waals surface area contributed by atoms with Crippen molar-refractivity contribution in [3.05, 3.63) is 30.3 Å². The molecule has 0 spiro atoms. The number of para-hydroxylation sites is 1. The first kappa shape index (κ1) is 15.0. The van der Waals surface area contributed by atoms with Gasteiger partial charge in [0.2, 0.25) is 0 Å². The zero-order chi connectivity index (χ0) is 13.9. The lowest BCUT2D eigenvalue weighted by atomic mass is 10.2. The summed E-state index contributed by atoms with van der Waals surface area (Å²) in [6.45, 7) is 0.521. The molecule has 1 rings (SSSR count). The summed E-state index contributed by atoms with van der Waals surface area (Å²) in [7, 11) is 0. The van der Waals surface area contributed by atoms with E-state index in [-0.39, 0.29) is 18.9 Å². The topological polar surface area (TPSA) is 78.5 Å². The maximum atomic E-state index is 11.4. The molecule has 0 aromatic heterocycles. The van der Waals surface area contributed by atoms with Gasteiger partial charge in [-0.25, -0.2) is 0 Å². The predicted octanol–water partition coefficient (Wildman–Crippen LogP) is 0.492. The van der Waals surface area contributed by atoms with Crippen LogP contribution in [0.3, 0.4) is 0 Å². The van der Waals surface area contributed by atoms with E-state index in [4.69, 9.17) is 4.74 Å². The molecular weight excluding hydrogens is 246 g/mol. The predicted molar refractivity (Wildman–Crippen MR) is 68.4 cm³/mol. The molecule has 0 aliphatic rings. The molecule has 1 aromatic carbocycles. The van der Waals surface area contributed by atoms with Crippen LogP contribution in [-0.2, 0) is 9.59 Å². The minimum Gasteiger partial charge on any atom is -0.550 e. The van der Waals surface area contributed by atoms with E-state index in [1.165, 1.54) is 0 Å². The number of ether oxygens (including phenoxy) is 1. The zero-order valence-electron chi connectivity index (χ0n) is 10.8. The van der Waals surface area contributed by atoms with Crippen molar-refractivity contribution >= 4 is 11.9 Å². The minimum atomic E-state index is -1.03. The number of unbranched alkanes of at least 4 members (excludes halogenated alkanes) is 2. The molecule has 1 N–H and O–H groups in total. The van der Waals surface area contributed by atoms with Crippen LogP contribution in [-0.4, -0.2) is 25.0 Å². The number of hydrogen-bond donors (Lipinski definition) is 1. The fourth-order valence-electron chi connectivity index (χ4n) is 1.52. The Hall–Kier alpha value is -2.04. The molecule has 5 nitrogen and oxygen atoms in total. The van der Waals surface area contributed by atoms with E-state index in [9.17, 15) is 14.7 Å². The lowest BCUT2D eigenvalue weighted by molar-refractivity contribution is -0.305. The standard InChI is InChI=1S/C14H19NO4/c16-13(11-19-12-7-3-1-4-8-12)15-10-6-2-5-9-14(17)18/h1,3-4,7-8H,2,5-6,9-11H2,(H,15,16)(H,17,18)/p-1. The number of carbonyl (C=O) groups excluding carboxylic acids is 2.